The van der Waals surface area contributed by atoms with E-state index < -0.39 is 12.1 Å². The first-order chi connectivity index (χ1) is 14.6. The number of carbonyl (C=O) groups is 2. The molecule has 156 valence electrons. The SMILES string of the molecule is CC(OC(=O)c1csc(-c2ncccn2)n1)C(=O)N(c1nccs1)C1CCCCC1. The molecule has 1 saturated carbocycles. The molecule has 4 rings (SSSR count). The van der Waals surface area contributed by atoms with Crippen LogP contribution in [0, 0.1) is 0 Å². The highest BCUT2D eigenvalue weighted by atomic mass is 32.1. The summed E-state index contributed by atoms with van der Waals surface area (Å²) in [5.74, 6) is -0.457. The summed E-state index contributed by atoms with van der Waals surface area (Å²) in [5, 5.41) is 4.60. The van der Waals surface area contributed by atoms with Gasteiger partial charge in [0, 0.05) is 35.4 Å². The minimum absolute atomic E-state index is 0.0830. The molecule has 0 aromatic carbocycles. The molecule has 1 fully saturated rings. The number of rotatable bonds is 6. The topological polar surface area (TPSA) is 98.2 Å². The first-order valence-electron chi connectivity index (χ1n) is 9.80. The lowest BCUT2D eigenvalue weighted by atomic mass is 9.94. The zero-order chi connectivity index (χ0) is 20.9. The Balaban J connectivity index is 1.46. The van der Waals surface area contributed by atoms with Gasteiger partial charge in [-0.3, -0.25) is 9.69 Å². The van der Waals surface area contributed by atoms with E-state index in [1.807, 2.05) is 5.38 Å². The standard InChI is InChI=1S/C20H21N5O3S2/c1-13(18(26)25(20-23-10-11-29-20)14-6-3-2-4-7-14)28-19(27)15-12-30-17(24-15)16-21-8-5-9-22-16/h5,8-14H,2-4,6-7H2,1H3. The summed E-state index contributed by atoms with van der Waals surface area (Å²) in [6.45, 7) is 1.59. The number of carbonyl (C=O) groups excluding carboxylic acids is 2. The summed E-state index contributed by atoms with van der Waals surface area (Å²) in [4.78, 5) is 44.4. The van der Waals surface area contributed by atoms with Crippen LogP contribution < -0.4 is 4.90 Å². The van der Waals surface area contributed by atoms with E-state index in [2.05, 4.69) is 19.9 Å². The molecule has 1 atom stereocenters. The zero-order valence-electron chi connectivity index (χ0n) is 16.4. The largest absolute Gasteiger partial charge is 0.448 e. The van der Waals surface area contributed by atoms with Crippen molar-refractivity contribution < 1.29 is 14.3 Å². The van der Waals surface area contributed by atoms with Gasteiger partial charge in [-0.15, -0.1) is 22.7 Å². The fraction of sp³-hybridized carbons (Fsp3) is 0.400. The summed E-state index contributed by atoms with van der Waals surface area (Å²) in [6, 6.07) is 1.79. The Kier molecular flexibility index (Phi) is 6.44. The second kappa shape index (κ2) is 9.40. The van der Waals surface area contributed by atoms with E-state index in [1.165, 1.54) is 29.1 Å². The van der Waals surface area contributed by atoms with Gasteiger partial charge in [0.1, 0.15) is 0 Å². The molecule has 0 aliphatic heterocycles. The van der Waals surface area contributed by atoms with Crippen LogP contribution >= 0.6 is 22.7 Å². The van der Waals surface area contributed by atoms with E-state index in [0.717, 1.165) is 25.7 Å². The first-order valence-corrected chi connectivity index (χ1v) is 11.6. The Morgan fingerprint density at radius 3 is 2.57 bits per heavy atom. The number of aromatic nitrogens is 4. The van der Waals surface area contributed by atoms with Crippen molar-refractivity contribution in [2.24, 2.45) is 0 Å². The molecule has 8 nitrogen and oxygen atoms in total. The molecule has 0 bridgehead atoms. The van der Waals surface area contributed by atoms with Crippen molar-refractivity contribution in [3.8, 4) is 10.8 Å². The third-order valence-electron chi connectivity index (χ3n) is 4.90. The van der Waals surface area contributed by atoms with Crippen molar-refractivity contribution >= 4 is 39.7 Å². The Morgan fingerprint density at radius 1 is 1.10 bits per heavy atom. The van der Waals surface area contributed by atoms with Crippen LogP contribution in [0.5, 0.6) is 0 Å². The summed E-state index contributed by atoms with van der Waals surface area (Å²) < 4.78 is 5.47. The van der Waals surface area contributed by atoms with Crippen LogP contribution in [0.2, 0.25) is 0 Å². The second-order valence-corrected chi connectivity index (χ2v) is 8.70. The maximum Gasteiger partial charge on any atom is 0.358 e. The molecule has 3 heterocycles. The number of hydrogen-bond acceptors (Lipinski definition) is 9. The molecule has 0 spiro atoms. The molecular formula is C20H21N5O3S2. The molecule has 30 heavy (non-hydrogen) atoms. The van der Waals surface area contributed by atoms with E-state index in [-0.39, 0.29) is 17.6 Å². The smallest absolute Gasteiger partial charge is 0.358 e. The van der Waals surface area contributed by atoms with Gasteiger partial charge in [-0.05, 0) is 25.8 Å². The predicted molar refractivity (Wildman–Crippen MR) is 114 cm³/mol. The Hall–Kier alpha value is -2.72. The second-order valence-electron chi connectivity index (χ2n) is 6.97. The third kappa shape index (κ3) is 4.54. The molecule has 0 radical (unpaired) electrons. The number of anilines is 1. The number of thiazole rings is 2. The van der Waals surface area contributed by atoms with E-state index in [1.54, 1.807) is 41.9 Å². The molecule has 0 saturated heterocycles. The first kappa shape index (κ1) is 20.5. The number of nitrogens with zero attached hydrogens (tertiary/aromatic N) is 5. The van der Waals surface area contributed by atoms with Crippen LogP contribution in [0.4, 0.5) is 5.13 Å². The number of esters is 1. The summed E-state index contributed by atoms with van der Waals surface area (Å²) in [7, 11) is 0. The highest BCUT2D eigenvalue weighted by Crippen LogP contribution is 2.30. The normalized spacial score (nSPS) is 15.5. The lowest BCUT2D eigenvalue weighted by Gasteiger charge is -2.33. The monoisotopic (exact) mass is 443 g/mol. The summed E-state index contributed by atoms with van der Waals surface area (Å²) in [6.07, 6.45) is 9.16. The maximum absolute atomic E-state index is 13.2. The lowest BCUT2D eigenvalue weighted by molar-refractivity contribution is -0.127. The molecule has 1 aliphatic rings. The zero-order valence-corrected chi connectivity index (χ0v) is 18.1. The quantitative estimate of drug-likeness (QED) is 0.532. The minimum Gasteiger partial charge on any atom is -0.448 e. The number of amides is 1. The van der Waals surface area contributed by atoms with Gasteiger partial charge in [0.25, 0.3) is 5.91 Å². The van der Waals surface area contributed by atoms with Crippen LogP contribution in [0.25, 0.3) is 10.8 Å². The van der Waals surface area contributed by atoms with Crippen molar-refractivity contribution in [1.29, 1.82) is 0 Å². The van der Waals surface area contributed by atoms with E-state index in [4.69, 9.17) is 4.74 Å². The van der Waals surface area contributed by atoms with Crippen molar-refractivity contribution in [3.05, 3.63) is 41.1 Å². The van der Waals surface area contributed by atoms with Gasteiger partial charge in [-0.25, -0.2) is 24.7 Å². The summed E-state index contributed by atoms with van der Waals surface area (Å²) >= 11 is 2.67. The van der Waals surface area contributed by atoms with Gasteiger partial charge < -0.3 is 4.74 Å². The van der Waals surface area contributed by atoms with E-state index in [0.29, 0.717) is 16.0 Å². The fourth-order valence-corrected chi connectivity index (χ4v) is 4.90. The average molecular weight is 444 g/mol. The van der Waals surface area contributed by atoms with Crippen molar-refractivity contribution in [2.45, 2.75) is 51.2 Å². The molecule has 0 N–H and O–H groups in total. The van der Waals surface area contributed by atoms with Gasteiger partial charge in [0.15, 0.2) is 27.8 Å². The van der Waals surface area contributed by atoms with Crippen LogP contribution in [0.15, 0.2) is 35.4 Å². The molecule has 1 amide bonds. The van der Waals surface area contributed by atoms with Crippen LogP contribution in [0.3, 0.4) is 0 Å². The van der Waals surface area contributed by atoms with Gasteiger partial charge in [0.2, 0.25) is 0 Å². The molecule has 10 heteroatoms. The average Bonchev–Trinajstić information content (AvgIpc) is 3.48. The summed E-state index contributed by atoms with van der Waals surface area (Å²) in [5.41, 5.74) is 0.139. The highest BCUT2D eigenvalue weighted by Gasteiger charge is 2.33. The molecule has 1 unspecified atom stereocenters. The van der Waals surface area contributed by atoms with E-state index >= 15 is 0 Å². The van der Waals surface area contributed by atoms with Gasteiger partial charge >= 0.3 is 5.97 Å². The molecular weight excluding hydrogens is 422 g/mol. The van der Waals surface area contributed by atoms with Crippen LogP contribution in [-0.4, -0.2) is 44.0 Å². The molecule has 3 aromatic rings. The van der Waals surface area contributed by atoms with Gasteiger partial charge in [-0.2, -0.15) is 0 Å². The fourth-order valence-electron chi connectivity index (χ4n) is 3.45. The predicted octanol–water partition coefficient (Wildman–Crippen LogP) is 3.97. The van der Waals surface area contributed by atoms with Gasteiger partial charge in [-0.1, -0.05) is 19.3 Å². The Bertz CT molecular complexity index is 987. The van der Waals surface area contributed by atoms with Crippen molar-refractivity contribution in [2.75, 3.05) is 4.90 Å². The Morgan fingerprint density at radius 2 is 1.87 bits per heavy atom. The highest BCUT2D eigenvalue weighted by molar-refractivity contribution is 7.14. The maximum atomic E-state index is 13.2. The van der Waals surface area contributed by atoms with Crippen molar-refractivity contribution in [1.82, 2.24) is 19.9 Å². The van der Waals surface area contributed by atoms with Gasteiger partial charge in [0.05, 0.1) is 0 Å². The van der Waals surface area contributed by atoms with Crippen LogP contribution in [0.1, 0.15) is 49.5 Å². The van der Waals surface area contributed by atoms with Crippen LogP contribution in [-0.2, 0) is 9.53 Å². The lowest BCUT2D eigenvalue weighted by Crippen LogP contribution is -2.47. The Labute approximate surface area is 182 Å². The number of hydrogen-bond donors (Lipinski definition) is 0. The van der Waals surface area contributed by atoms with Crippen molar-refractivity contribution in [3.63, 3.8) is 0 Å². The van der Waals surface area contributed by atoms with E-state index in [9.17, 15) is 9.59 Å². The molecule has 3 aromatic heterocycles. The number of ether oxygens (including phenoxy) is 1. The minimum atomic E-state index is -0.943. The molecule has 1 aliphatic carbocycles. The third-order valence-corrected chi connectivity index (χ3v) is 6.51.